The maximum absolute atomic E-state index is 10.8. The van der Waals surface area contributed by atoms with Crippen LogP contribution >= 0.6 is 0 Å². The molecular formula is C13H17NO2. The highest BCUT2D eigenvalue weighted by molar-refractivity contribution is 5.81. The first-order valence-corrected chi connectivity index (χ1v) is 5.24. The largest absolute Gasteiger partial charge is 0.461 e. The van der Waals surface area contributed by atoms with Crippen molar-refractivity contribution in [2.75, 3.05) is 20.2 Å². The van der Waals surface area contributed by atoms with Crippen LogP contribution in [0.2, 0.25) is 0 Å². The van der Waals surface area contributed by atoms with E-state index in [4.69, 9.17) is 4.74 Å². The third-order valence-electron chi connectivity index (χ3n) is 2.18. The van der Waals surface area contributed by atoms with Crippen molar-refractivity contribution in [3.63, 3.8) is 0 Å². The van der Waals surface area contributed by atoms with Crippen molar-refractivity contribution in [1.82, 2.24) is 4.90 Å². The highest BCUT2D eigenvalue weighted by atomic mass is 16.5. The summed E-state index contributed by atoms with van der Waals surface area (Å²) >= 11 is 0. The zero-order valence-electron chi connectivity index (χ0n) is 9.56. The topological polar surface area (TPSA) is 29.5 Å². The minimum atomic E-state index is -0.367. The van der Waals surface area contributed by atoms with Crippen molar-refractivity contribution in [3.8, 4) is 0 Å². The molecule has 1 aromatic rings. The number of carbonyl (C=O) groups is 1. The third-order valence-corrected chi connectivity index (χ3v) is 2.18. The molecule has 0 spiro atoms. The van der Waals surface area contributed by atoms with Gasteiger partial charge in [-0.05, 0) is 12.6 Å². The van der Waals surface area contributed by atoms with Gasteiger partial charge in [-0.25, -0.2) is 4.79 Å². The van der Waals surface area contributed by atoms with Crippen LogP contribution in [-0.2, 0) is 16.1 Å². The van der Waals surface area contributed by atoms with Crippen LogP contribution in [0.25, 0.3) is 0 Å². The summed E-state index contributed by atoms with van der Waals surface area (Å²) in [5, 5.41) is 0. The van der Waals surface area contributed by atoms with Crippen LogP contribution in [0.15, 0.2) is 43.0 Å². The smallest absolute Gasteiger partial charge is 0.330 e. The molecule has 0 amide bonds. The van der Waals surface area contributed by atoms with Crippen LogP contribution in [0.4, 0.5) is 0 Å². The quantitative estimate of drug-likeness (QED) is 0.540. The van der Waals surface area contributed by atoms with E-state index in [-0.39, 0.29) is 5.97 Å². The molecule has 0 aromatic heterocycles. The Balaban J connectivity index is 2.23. The number of esters is 1. The lowest BCUT2D eigenvalue weighted by Crippen LogP contribution is -2.23. The first-order valence-electron chi connectivity index (χ1n) is 5.24. The predicted molar refractivity (Wildman–Crippen MR) is 63.9 cm³/mol. The molecule has 0 unspecified atom stereocenters. The summed E-state index contributed by atoms with van der Waals surface area (Å²) in [5.74, 6) is -0.367. The van der Waals surface area contributed by atoms with Crippen LogP contribution in [-0.4, -0.2) is 31.1 Å². The lowest BCUT2D eigenvalue weighted by molar-refractivity contribution is -0.138. The zero-order valence-corrected chi connectivity index (χ0v) is 9.56. The molecule has 0 saturated heterocycles. The average Bonchev–Trinajstić information content (AvgIpc) is 2.30. The Morgan fingerprint density at radius 1 is 1.44 bits per heavy atom. The first kappa shape index (κ1) is 12.5. The molecule has 0 atom stereocenters. The standard InChI is InChI=1S/C13H17NO2/c1-3-13(15)16-10-9-14(2)11-12-7-5-4-6-8-12/h3-8H,1,9-11H2,2H3. The number of benzene rings is 1. The van der Waals surface area contributed by atoms with E-state index in [1.807, 2.05) is 25.2 Å². The normalized spacial score (nSPS) is 10.1. The summed E-state index contributed by atoms with van der Waals surface area (Å²) in [6.45, 7) is 5.31. The van der Waals surface area contributed by atoms with Crippen molar-refractivity contribution in [3.05, 3.63) is 48.6 Å². The van der Waals surface area contributed by atoms with Gasteiger partial charge >= 0.3 is 5.97 Å². The molecule has 0 bridgehead atoms. The van der Waals surface area contributed by atoms with Crippen LogP contribution in [0.1, 0.15) is 5.56 Å². The molecule has 0 aliphatic rings. The predicted octanol–water partition coefficient (Wildman–Crippen LogP) is 1.85. The molecule has 16 heavy (non-hydrogen) atoms. The number of ether oxygens (including phenoxy) is 1. The average molecular weight is 219 g/mol. The van der Waals surface area contributed by atoms with Crippen LogP contribution < -0.4 is 0 Å². The molecule has 3 nitrogen and oxygen atoms in total. The van der Waals surface area contributed by atoms with E-state index in [1.54, 1.807) is 0 Å². The number of hydrogen-bond acceptors (Lipinski definition) is 3. The number of carbonyl (C=O) groups excluding carboxylic acids is 1. The molecule has 0 saturated carbocycles. The molecule has 1 rings (SSSR count). The molecule has 0 fully saturated rings. The SMILES string of the molecule is C=CC(=O)OCCN(C)Cc1ccccc1. The molecule has 86 valence electrons. The Hall–Kier alpha value is -1.61. The van der Waals surface area contributed by atoms with Gasteiger partial charge in [0.15, 0.2) is 0 Å². The summed E-state index contributed by atoms with van der Waals surface area (Å²) in [4.78, 5) is 12.9. The second-order valence-corrected chi connectivity index (χ2v) is 3.60. The van der Waals surface area contributed by atoms with Crippen molar-refractivity contribution in [2.24, 2.45) is 0 Å². The number of nitrogens with zero attached hydrogens (tertiary/aromatic N) is 1. The molecule has 3 heteroatoms. The fourth-order valence-electron chi connectivity index (χ4n) is 1.34. The third kappa shape index (κ3) is 4.75. The van der Waals surface area contributed by atoms with Gasteiger partial charge in [-0.3, -0.25) is 4.90 Å². The van der Waals surface area contributed by atoms with Crippen LogP contribution in [0.5, 0.6) is 0 Å². The maximum Gasteiger partial charge on any atom is 0.330 e. The van der Waals surface area contributed by atoms with Crippen LogP contribution in [0.3, 0.4) is 0 Å². The fraction of sp³-hybridized carbons (Fsp3) is 0.308. The molecule has 0 aliphatic carbocycles. The second-order valence-electron chi connectivity index (χ2n) is 3.60. The minimum absolute atomic E-state index is 0.367. The van der Waals surface area contributed by atoms with E-state index < -0.39 is 0 Å². The summed E-state index contributed by atoms with van der Waals surface area (Å²) in [6, 6.07) is 10.2. The minimum Gasteiger partial charge on any atom is -0.461 e. The molecule has 0 N–H and O–H groups in total. The van der Waals surface area contributed by atoms with Gasteiger partial charge in [0.2, 0.25) is 0 Å². The van der Waals surface area contributed by atoms with E-state index in [2.05, 4.69) is 23.6 Å². The van der Waals surface area contributed by atoms with Gasteiger partial charge in [-0.1, -0.05) is 36.9 Å². The lowest BCUT2D eigenvalue weighted by atomic mass is 10.2. The molecule has 0 heterocycles. The van der Waals surface area contributed by atoms with E-state index in [0.717, 1.165) is 6.54 Å². The van der Waals surface area contributed by atoms with Gasteiger partial charge in [0.05, 0.1) is 0 Å². The highest BCUT2D eigenvalue weighted by Gasteiger charge is 2.01. The van der Waals surface area contributed by atoms with Gasteiger partial charge in [0.25, 0.3) is 0 Å². The maximum atomic E-state index is 10.8. The van der Waals surface area contributed by atoms with E-state index >= 15 is 0 Å². The Kier molecular flexibility index (Phi) is 5.29. The molecule has 1 aromatic carbocycles. The summed E-state index contributed by atoms with van der Waals surface area (Å²) in [7, 11) is 1.99. The van der Waals surface area contributed by atoms with E-state index in [0.29, 0.717) is 13.2 Å². The Morgan fingerprint density at radius 2 is 2.12 bits per heavy atom. The van der Waals surface area contributed by atoms with Gasteiger partial charge in [0, 0.05) is 19.2 Å². The Morgan fingerprint density at radius 3 is 2.75 bits per heavy atom. The monoisotopic (exact) mass is 219 g/mol. The zero-order chi connectivity index (χ0) is 11.8. The van der Waals surface area contributed by atoms with Crippen LogP contribution in [0, 0.1) is 0 Å². The van der Waals surface area contributed by atoms with Crippen molar-refractivity contribution >= 4 is 5.97 Å². The summed E-state index contributed by atoms with van der Waals surface area (Å²) in [5.41, 5.74) is 1.25. The van der Waals surface area contributed by atoms with E-state index in [9.17, 15) is 4.79 Å². The van der Waals surface area contributed by atoms with E-state index in [1.165, 1.54) is 11.6 Å². The fourth-order valence-corrected chi connectivity index (χ4v) is 1.34. The van der Waals surface area contributed by atoms with Crippen molar-refractivity contribution in [2.45, 2.75) is 6.54 Å². The first-order chi connectivity index (χ1) is 7.72. The van der Waals surface area contributed by atoms with Gasteiger partial charge in [-0.15, -0.1) is 0 Å². The summed E-state index contributed by atoms with van der Waals surface area (Å²) in [6.07, 6.45) is 1.18. The van der Waals surface area contributed by atoms with Gasteiger partial charge in [-0.2, -0.15) is 0 Å². The Labute approximate surface area is 96.3 Å². The lowest BCUT2D eigenvalue weighted by Gasteiger charge is -2.16. The summed E-state index contributed by atoms with van der Waals surface area (Å²) < 4.78 is 4.90. The van der Waals surface area contributed by atoms with Gasteiger partial charge in [0.1, 0.15) is 6.61 Å². The highest BCUT2D eigenvalue weighted by Crippen LogP contribution is 2.01. The molecule has 0 radical (unpaired) electrons. The molecule has 0 aliphatic heterocycles. The van der Waals surface area contributed by atoms with Crippen molar-refractivity contribution in [1.29, 1.82) is 0 Å². The second kappa shape index (κ2) is 6.80. The van der Waals surface area contributed by atoms with Crippen molar-refractivity contribution < 1.29 is 9.53 Å². The van der Waals surface area contributed by atoms with Gasteiger partial charge < -0.3 is 4.74 Å². The number of hydrogen-bond donors (Lipinski definition) is 0. The molecular weight excluding hydrogens is 202 g/mol. The number of likely N-dealkylation sites (N-methyl/N-ethyl adjacent to an activating group) is 1. The number of rotatable bonds is 6. The Bertz CT molecular complexity index is 335.